The fourth-order valence-corrected chi connectivity index (χ4v) is 2.49. The van der Waals surface area contributed by atoms with Crippen molar-refractivity contribution in [1.82, 2.24) is 0 Å². The average molecular weight is 263 g/mol. The molecule has 0 unspecified atom stereocenters. The fraction of sp³-hybridized carbons (Fsp3) is 0.533. The monoisotopic (exact) mass is 263 g/mol. The Labute approximate surface area is 115 Å². The van der Waals surface area contributed by atoms with Gasteiger partial charge in [0.25, 0.3) is 0 Å². The Morgan fingerprint density at radius 1 is 1.33 bits per heavy atom. The summed E-state index contributed by atoms with van der Waals surface area (Å²) < 4.78 is 0. The molecular formula is C15H21NOS. The summed E-state index contributed by atoms with van der Waals surface area (Å²) in [5.41, 5.74) is 2.37. The van der Waals surface area contributed by atoms with Crippen LogP contribution in [-0.4, -0.2) is 11.7 Å². The van der Waals surface area contributed by atoms with Crippen molar-refractivity contribution >= 4 is 24.2 Å². The van der Waals surface area contributed by atoms with E-state index in [1.807, 2.05) is 12.1 Å². The van der Waals surface area contributed by atoms with Crippen LogP contribution < -0.4 is 5.32 Å². The van der Waals surface area contributed by atoms with Gasteiger partial charge in [-0.25, -0.2) is 0 Å². The Morgan fingerprint density at radius 3 is 2.39 bits per heavy atom. The second-order valence-corrected chi connectivity index (χ2v) is 5.98. The molecule has 2 nitrogen and oxygen atoms in total. The van der Waals surface area contributed by atoms with Crippen molar-refractivity contribution < 1.29 is 4.79 Å². The maximum Gasteiger partial charge on any atom is 0.224 e. The van der Waals surface area contributed by atoms with Crippen LogP contribution in [0, 0.1) is 5.41 Å². The Kier molecular flexibility index (Phi) is 4.00. The van der Waals surface area contributed by atoms with Gasteiger partial charge in [0.15, 0.2) is 0 Å². The predicted molar refractivity (Wildman–Crippen MR) is 79.3 cm³/mol. The van der Waals surface area contributed by atoms with Crippen LogP contribution in [0.5, 0.6) is 0 Å². The normalized spacial score (nSPS) is 16.7. The Morgan fingerprint density at radius 2 is 1.94 bits per heavy atom. The maximum absolute atomic E-state index is 11.9. The number of amides is 1. The SMILES string of the molecule is CC(C)c1ccc(NC(=O)CC2(CS)CC2)cc1. The molecule has 2 rings (SSSR count). The molecule has 1 N–H and O–H groups in total. The highest BCUT2D eigenvalue weighted by atomic mass is 32.1. The van der Waals surface area contributed by atoms with Crippen molar-refractivity contribution in [3.8, 4) is 0 Å². The molecule has 1 aromatic rings. The molecule has 0 atom stereocenters. The van der Waals surface area contributed by atoms with Crippen LogP contribution in [0.25, 0.3) is 0 Å². The van der Waals surface area contributed by atoms with Crippen LogP contribution >= 0.6 is 12.6 Å². The zero-order valence-electron chi connectivity index (χ0n) is 11.1. The van der Waals surface area contributed by atoms with E-state index >= 15 is 0 Å². The fourth-order valence-electron chi connectivity index (χ4n) is 2.06. The van der Waals surface area contributed by atoms with Gasteiger partial charge in [0, 0.05) is 12.1 Å². The third kappa shape index (κ3) is 3.29. The smallest absolute Gasteiger partial charge is 0.224 e. The molecule has 0 saturated heterocycles. The van der Waals surface area contributed by atoms with E-state index in [1.165, 1.54) is 5.56 Å². The molecule has 1 amide bonds. The van der Waals surface area contributed by atoms with Gasteiger partial charge >= 0.3 is 0 Å². The molecule has 0 radical (unpaired) electrons. The third-order valence-electron chi connectivity index (χ3n) is 3.69. The molecule has 0 spiro atoms. The van der Waals surface area contributed by atoms with Crippen molar-refractivity contribution in [3.63, 3.8) is 0 Å². The van der Waals surface area contributed by atoms with Crippen LogP contribution in [-0.2, 0) is 4.79 Å². The average Bonchev–Trinajstić information content (AvgIpc) is 3.10. The van der Waals surface area contributed by atoms with Crippen molar-refractivity contribution in [3.05, 3.63) is 29.8 Å². The molecule has 0 heterocycles. The molecule has 1 aliphatic carbocycles. The summed E-state index contributed by atoms with van der Waals surface area (Å²) in [5.74, 6) is 1.44. The van der Waals surface area contributed by atoms with Gasteiger partial charge in [-0.15, -0.1) is 0 Å². The Bertz CT molecular complexity index is 421. The van der Waals surface area contributed by atoms with Crippen molar-refractivity contribution in [2.45, 2.75) is 39.0 Å². The lowest BCUT2D eigenvalue weighted by Crippen LogP contribution is -2.18. The van der Waals surface area contributed by atoms with Gasteiger partial charge in [-0.2, -0.15) is 12.6 Å². The molecule has 3 heteroatoms. The van der Waals surface area contributed by atoms with E-state index in [9.17, 15) is 4.79 Å². The van der Waals surface area contributed by atoms with E-state index in [-0.39, 0.29) is 11.3 Å². The minimum absolute atomic E-state index is 0.110. The lowest BCUT2D eigenvalue weighted by molar-refractivity contribution is -0.117. The molecular weight excluding hydrogens is 242 g/mol. The summed E-state index contributed by atoms with van der Waals surface area (Å²) in [6.45, 7) is 4.33. The van der Waals surface area contributed by atoms with Gasteiger partial charge < -0.3 is 5.32 Å². The quantitative estimate of drug-likeness (QED) is 0.776. The Balaban J connectivity index is 1.91. The highest BCUT2D eigenvalue weighted by molar-refractivity contribution is 7.80. The maximum atomic E-state index is 11.9. The standard InChI is InChI=1S/C15H21NOS/c1-11(2)12-3-5-13(6-4-12)16-14(17)9-15(10-18)7-8-15/h3-6,11,18H,7-10H2,1-2H3,(H,16,17). The molecule has 1 fully saturated rings. The van der Waals surface area contributed by atoms with E-state index in [0.29, 0.717) is 12.3 Å². The molecule has 1 saturated carbocycles. The highest BCUT2D eigenvalue weighted by Crippen LogP contribution is 2.49. The van der Waals surface area contributed by atoms with E-state index < -0.39 is 0 Å². The molecule has 98 valence electrons. The van der Waals surface area contributed by atoms with E-state index in [4.69, 9.17) is 0 Å². The molecule has 0 aromatic heterocycles. The number of carbonyl (C=O) groups excluding carboxylic acids is 1. The first-order valence-electron chi connectivity index (χ1n) is 6.55. The molecule has 0 bridgehead atoms. The number of nitrogens with one attached hydrogen (secondary N) is 1. The summed E-state index contributed by atoms with van der Waals surface area (Å²) in [6.07, 6.45) is 2.87. The predicted octanol–water partition coefficient (Wildman–Crippen LogP) is 3.85. The van der Waals surface area contributed by atoms with Crippen LogP contribution in [0.2, 0.25) is 0 Å². The number of rotatable bonds is 5. The van der Waals surface area contributed by atoms with Crippen LogP contribution in [0.4, 0.5) is 5.69 Å². The van der Waals surface area contributed by atoms with Crippen molar-refractivity contribution in [1.29, 1.82) is 0 Å². The lowest BCUT2D eigenvalue weighted by atomic mass is 10.0. The van der Waals surface area contributed by atoms with Crippen LogP contribution in [0.15, 0.2) is 24.3 Å². The zero-order chi connectivity index (χ0) is 13.2. The van der Waals surface area contributed by atoms with Gasteiger partial charge in [-0.1, -0.05) is 26.0 Å². The van der Waals surface area contributed by atoms with Gasteiger partial charge in [0.2, 0.25) is 5.91 Å². The van der Waals surface area contributed by atoms with E-state index in [2.05, 4.69) is 43.9 Å². The molecule has 0 aliphatic heterocycles. The summed E-state index contributed by atoms with van der Waals surface area (Å²) in [7, 11) is 0. The third-order valence-corrected chi connectivity index (χ3v) is 4.36. The number of hydrogen-bond acceptors (Lipinski definition) is 2. The number of carbonyl (C=O) groups is 1. The van der Waals surface area contributed by atoms with Gasteiger partial charge in [0.05, 0.1) is 0 Å². The number of anilines is 1. The van der Waals surface area contributed by atoms with Crippen LogP contribution in [0.1, 0.15) is 44.6 Å². The highest BCUT2D eigenvalue weighted by Gasteiger charge is 2.42. The minimum Gasteiger partial charge on any atom is -0.326 e. The first-order valence-corrected chi connectivity index (χ1v) is 7.19. The summed E-state index contributed by atoms with van der Waals surface area (Å²) in [5, 5.41) is 2.97. The second kappa shape index (κ2) is 5.35. The van der Waals surface area contributed by atoms with E-state index in [1.54, 1.807) is 0 Å². The summed E-state index contributed by atoms with van der Waals surface area (Å²) >= 11 is 4.32. The largest absolute Gasteiger partial charge is 0.326 e. The molecule has 1 aliphatic rings. The molecule has 18 heavy (non-hydrogen) atoms. The minimum atomic E-state index is 0.110. The topological polar surface area (TPSA) is 29.1 Å². The van der Waals surface area contributed by atoms with Crippen molar-refractivity contribution in [2.75, 3.05) is 11.1 Å². The van der Waals surface area contributed by atoms with Gasteiger partial charge in [-0.3, -0.25) is 4.79 Å². The summed E-state index contributed by atoms with van der Waals surface area (Å²) in [4.78, 5) is 11.9. The molecule has 1 aromatic carbocycles. The Hall–Kier alpha value is -0.960. The number of hydrogen-bond donors (Lipinski definition) is 2. The zero-order valence-corrected chi connectivity index (χ0v) is 12.0. The van der Waals surface area contributed by atoms with Gasteiger partial charge in [0.1, 0.15) is 0 Å². The van der Waals surface area contributed by atoms with Crippen LogP contribution in [0.3, 0.4) is 0 Å². The second-order valence-electron chi connectivity index (χ2n) is 5.66. The summed E-state index contributed by atoms with van der Waals surface area (Å²) in [6, 6.07) is 8.11. The van der Waals surface area contributed by atoms with Crippen molar-refractivity contribution in [2.24, 2.45) is 5.41 Å². The first kappa shape index (κ1) is 13.5. The number of benzene rings is 1. The number of thiol groups is 1. The first-order chi connectivity index (χ1) is 8.54. The van der Waals surface area contributed by atoms with E-state index in [0.717, 1.165) is 24.3 Å². The van der Waals surface area contributed by atoms with Gasteiger partial charge in [-0.05, 0) is 47.6 Å². The lowest BCUT2D eigenvalue weighted by Gasteiger charge is -2.12.